The molecule has 3 heterocycles. The van der Waals surface area contributed by atoms with E-state index in [1.54, 1.807) is 29.8 Å². The van der Waals surface area contributed by atoms with E-state index in [-0.39, 0.29) is 23.7 Å². The van der Waals surface area contributed by atoms with Gasteiger partial charge in [0.25, 0.3) is 11.4 Å². The number of hydrogen-bond acceptors (Lipinski definition) is 7. The van der Waals surface area contributed by atoms with Gasteiger partial charge >= 0.3 is 0 Å². The molecule has 4 rings (SSSR count). The van der Waals surface area contributed by atoms with Gasteiger partial charge in [-0.15, -0.1) is 4.98 Å². The predicted octanol–water partition coefficient (Wildman–Crippen LogP) is 3.96. The van der Waals surface area contributed by atoms with Crippen molar-refractivity contribution in [2.24, 2.45) is 7.05 Å². The van der Waals surface area contributed by atoms with E-state index < -0.39 is 0 Å². The van der Waals surface area contributed by atoms with Crippen molar-refractivity contribution in [3.05, 3.63) is 69.3 Å². The quantitative estimate of drug-likeness (QED) is 0.443. The van der Waals surface area contributed by atoms with Crippen LogP contribution in [0.5, 0.6) is 5.75 Å². The number of aromatic nitrogens is 2. The van der Waals surface area contributed by atoms with Crippen molar-refractivity contribution >= 4 is 22.5 Å². The number of rotatable bonds is 7. The third-order valence-corrected chi connectivity index (χ3v) is 7.41. The Hall–Kier alpha value is -3.92. The highest BCUT2D eigenvalue weighted by Crippen LogP contribution is 2.34. The third-order valence-electron chi connectivity index (χ3n) is 7.41. The Bertz CT molecular complexity index is 1470. The molecule has 0 bridgehead atoms. The molecule has 1 aliphatic rings. The highest BCUT2D eigenvalue weighted by molar-refractivity contribution is 5.89. The number of nitrogens with zero attached hydrogens (tertiary/aromatic N) is 7. The largest absolute Gasteiger partial charge is 0.491 e. The van der Waals surface area contributed by atoms with Gasteiger partial charge in [-0.2, -0.15) is 5.26 Å². The van der Waals surface area contributed by atoms with Crippen LogP contribution in [0.2, 0.25) is 0 Å². The second-order valence-corrected chi connectivity index (χ2v) is 10.3. The summed E-state index contributed by atoms with van der Waals surface area (Å²) in [5.41, 5.74) is 3.70. The van der Waals surface area contributed by atoms with Crippen LogP contribution in [0.1, 0.15) is 37.9 Å². The van der Waals surface area contributed by atoms with Gasteiger partial charge in [0.05, 0.1) is 16.8 Å². The summed E-state index contributed by atoms with van der Waals surface area (Å²) in [4.78, 5) is 27.6. The second-order valence-electron chi connectivity index (χ2n) is 10.3. The molecule has 198 valence electrons. The number of ether oxygens (including phenoxy) is 1. The number of likely N-dealkylation sites (N-methyl/N-ethyl adjacent to an activating group) is 1. The smallest absolute Gasteiger partial charge is 0.270 e. The van der Waals surface area contributed by atoms with Gasteiger partial charge in [-0.05, 0) is 64.7 Å². The lowest BCUT2D eigenvalue weighted by Crippen LogP contribution is -2.57. The zero-order valence-electron chi connectivity index (χ0n) is 23.0. The maximum atomic E-state index is 12.8. The molecule has 9 heteroatoms. The lowest BCUT2D eigenvalue weighted by atomic mass is 9.99. The van der Waals surface area contributed by atoms with E-state index in [1.165, 1.54) is 0 Å². The maximum absolute atomic E-state index is 12.8. The number of anilines is 1. The number of piperazine rings is 1. The molecule has 0 spiro atoms. The Labute approximate surface area is 224 Å². The Morgan fingerprint density at radius 3 is 2.66 bits per heavy atom. The van der Waals surface area contributed by atoms with Crippen molar-refractivity contribution < 1.29 is 4.74 Å². The zero-order valence-corrected chi connectivity index (χ0v) is 23.0. The van der Waals surface area contributed by atoms with Crippen molar-refractivity contribution in [2.45, 2.75) is 38.9 Å². The van der Waals surface area contributed by atoms with Gasteiger partial charge in [-0.1, -0.05) is 12.6 Å². The van der Waals surface area contributed by atoms with Gasteiger partial charge in [0, 0.05) is 50.9 Å². The summed E-state index contributed by atoms with van der Waals surface area (Å²) in [7, 11) is 5.71. The molecule has 0 saturated carbocycles. The zero-order chi connectivity index (χ0) is 27.6. The molecule has 1 aliphatic heterocycles. The van der Waals surface area contributed by atoms with E-state index in [0.29, 0.717) is 35.8 Å². The molecule has 2 aromatic heterocycles. The minimum absolute atomic E-state index is 0.0973. The van der Waals surface area contributed by atoms with Gasteiger partial charge in [0.1, 0.15) is 18.4 Å². The van der Waals surface area contributed by atoms with E-state index in [0.717, 1.165) is 29.9 Å². The Kier molecular flexibility index (Phi) is 8.01. The molecule has 0 aliphatic carbocycles. The van der Waals surface area contributed by atoms with E-state index in [4.69, 9.17) is 11.3 Å². The predicted molar refractivity (Wildman–Crippen MR) is 150 cm³/mol. The number of aryl methyl sites for hydroxylation is 1. The Morgan fingerprint density at radius 1 is 1.21 bits per heavy atom. The number of fused-ring (bicyclic) bond motifs is 1. The van der Waals surface area contributed by atoms with Gasteiger partial charge in [0.15, 0.2) is 0 Å². The fourth-order valence-electron chi connectivity index (χ4n) is 5.15. The number of benzene rings is 1. The number of nitriles is 1. The van der Waals surface area contributed by atoms with Crippen LogP contribution in [0.4, 0.5) is 11.5 Å². The second kappa shape index (κ2) is 11.2. The van der Waals surface area contributed by atoms with Gasteiger partial charge in [0.2, 0.25) is 5.52 Å². The summed E-state index contributed by atoms with van der Waals surface area (Å²) in [6.45, 7) is 16.7. The highest BCUT2D eigenvalue weighted by Gasteiger charge is 2.34. The fraction of sp³-hybridized carbons (Fsp3) is 0.448. The lowest BCUT2D eigenvalue weighted by Gasteiger charge is -2.47. The standard InChI is InChI=1S/C29H35N7O2/c1-19-18-36(25-15-28(37)34(7)24-10-11-27(31-4)32-29(24)25)20(2)17-35(19)21(3)22-8-9-23(16-30)26(14-22)38-13-12-33(5)6/h8-11,14-15,19-21H,12-13,17-18H2,1-3,5-7H3/t19-,20+,21?/m1/s1. The van der Waals surface area contributed by atoms with Crippen molar-refractivity contribution in [1.29, 1.82) is 5.26 Å². The Balaban J connectivity index is 1.60. The molecule has 0 radical (unpaired) electrons. The van der Waals surface area contributed by atoms with E-state index in [1.807, 2.05) is 37.2 Å². The van der Waals surface area contributed by atoms with Crippen molar-refractivity contribution in [3.63, 3.8) is 0 Å². The summed E-state index contributed by atoms with van der Waals surface area (Å²) in [5.74, 6) is 0.932. The Morgan fingerprint density at radius 2 is 1.97 bits per heavy atom. The summed E-state index contributed by atoms with van der Waals surface area (Å²) >= 11 is 0. The van der Waals surface area contributed by atoms with Crippen molar-refractivity contribution in [2.75, 3.05) is 45.2 Å². The normalized spacial score (nSPS) is 18.8. The lowest BCUT2D eigenvalue weighted by molar-refractivity contribution is 0.119. The molecular weight excluding hydrogens is 478 g/mol. The molecule has 0 N–H and O–H groups in total. The third kappa shape index (κ3) is 5.35. The minimum Gasteiger partial charge on any atom is -0.491 e. The summed E-state index contributed by atoms with van der Waals surface area (Å²) < 4.78 is 7.55. The van der Waals surface area contributed by atoms with Crippen LogP contribution >= 0.6 is 0 Å². The van der Waals surface area contributed by atoms with Gasteiger partial charge in [-0.3, -0.25) is 9.69 Å². The molecule has 9 nitrogen and oxygen atoms in total. The van der Waals surface area contributed by atoms with E-state index >= 15 is 0 Å². The van der Waals surface area contributed by atoms with Crippen LogP contribution < -0.4 is 15.2 Å². The van der Waals surface area contributed by atoms with Crippen LogP contribution in [0.15, 0.2) is 41.2 Å². The average Bonchev–Trinajstić information content (AvgIpc) is 2.90. The maximum Gasteiger partial charge on any atom is 0.270 e. The van der Waals surface area contributed by atoms with Gasteiger partial charge in [-0.25, -0.2) is 0 Å². The van der Waals surface area contributed by atoms with Crippen LogP contribution in [-0.2, 0) is 7.05 Å². The first kappa shape index (κ1) is 27.1. The molecule has 1 fully saturated rings. The van der Waals surface area contributed by atoms with E-state index in [2.05, 4.69) is 46.5 Å². The first-order chi connectivity index (χ1) is 18.1. The summed E-state index contributed by atoms with van der Waals surface area (Å²) in [6.07, 6.45) is 0. The van der Waals surface area contributed by atoms with E-state index in [9.17, 15) is 10.1 Å². The van der Waals surface area contributed by atoms with Crippen LogP contribution in [0, 0.1) is 17.9 Å². The number of hydrogen-bond donors (Lipinski definition) is 0. The average molecular weight is 514 g/mol. The summed E-state index contributed by atoms with van der Waals surface area (Å²) in [5, 5.41) is 9.56. The molecule has 1 saturated heterocycles. The molecule has 3 atom stereocenters. The first-order valence-corrected chi connectivity index (χ1v) is 12.9. The molecule has 1 unspecified atom stereocenters. The highest BCUT2D eigenvalue weighted by atomic mass is 16.5. The number of pyridine rings is 2. The molecule has 0 amide bonds. The monoisotopic (exact) mass is 513 g/mol. The first-order valence-electron chi connectivity index (χ1n) is 12.9. The van der Waals surface area contributed by atoms with Gasteiger partial charge < -0.3 is 23.9 Å². The minimum atomic E-state index is -0.0973. The van der Waals surface area contributed by atoms with Crippen LogP contribution in [0.25, 0.3) is 15.9 Å². The SMILES string of the molecule is [C-]#[N+]c1ccc2c(n1)c(N1C[C@@H](C)N(C(C)c3ccc(C#N)c(OCCN(C)C)c3)C[C@@H]1C)cc(=O)n2C. The van der Waals surface area contributed by atoms with Crippen LogP contribution in [-0.4, -0.2) is 71.8 Å². The van der Waals surface area contributed by atoms with Crippen molar-refractivity contribution in [1.82, 2.24) is 19.4 Å². The molecule has 38 heavy (non-hydrogen) atoms. The fourth-order valence-corrected chi connectivity index (χ4v) is 5.15. The molecule has 1 aromatic carbocycles. The van der Waals surface area contributed by atoms with Crippen LogP contribution in [0.3, 0.4) is 0 Å². The topological polar surface area (TPSA) is 82.0 Å². The summed E-state index contributed by atoms with van der Waals surface area (Å²) in [6, 6.07) is 13.6. The molecular formula is C29H35N7O2. The van der Waals surface area contributed by atoms with Crippen molar-refractivity contribution in [3.8, 4) is 11.8 Å². The molecule has 3 aromatic rings.